The third kappa shape index (κ3) is 6.28. The average molecular weight is 356 g/mol. The summed E-state index contributed by atoms with van der Waals surface area (Å²) in [5.41, 5.74) is 2.37. The van der Waals surface area contributed by atoms with E-state index in [1.807, 2.05) is 25.1 Å². The summed E-state index contributed by atoms with van der Waals surface area (Å²) in [4.78, 5) is 18.2. The van der Waals surface area contributed by atoms with Gasteiger partial charge in [0, 0.05) is 26.2 Å². The van der Waals surface area contributed by atoms with Crippen molar-refractivity contribution in [3.05, 3.63) is 35.4 Å². The molecule has 1 amide bonds. The molecule has 1 aliphatic rings. The van der Waals surface area contributed by atoms with Gasteiger partial charge in [-0.15, -0.1) is 0 Å². The van der Waals surface area contributed by atoms with Crippen LogP contribution in [-0.2, 0) is 17.8 Å². The Morgan fingerprint density at radius 3 is 2.64 bits per heavy atom. The van der Waals surface area contributed by atoms with Crippen molar-refractivity contribution < 1.29 is 18.0 Å². The molecule has 0 unspecified atom stereocenters. The van der Waals surface area contributed by atoms with Gasteiger partial charge < -0.3 is 15.5 Å². The minimum atomic E-state index is -4.22. The van der Waals surface area contributed by atoms with E-state index >= 15 is 0 Å². The van der Waals surface area contributed by atoms with Crippen molar-refractivity contribution >= 4 is 11.9 Å². The molecule has 1 aromatic rings. The molecule has 0 radical (unpaired) electrons. The van der Waals surface area contributed by atoms with Gasteiger partial charge in [0.2, 0.25) is 5.91 Å². The maximum Gasteiger partial charge on any atom is 0.390 e. The van der Waals surface area contributed by atoms with Crippen molar-refractivity contribution in [1.82, 2.24) is 15.5 Å². The summed E-state index contributed by atoms with van der Waals surface area (Å²) in [5, 5.41) is 5.44. The third-order valence-corrected chi connectivity index (χ3v) is 3.90. The average Bonchev–Trinajstić information content (AvgIpc) is 2.58. The number of hydrogen-bond donors (Lipinski definition) is 2. The first-order chi connectivity index (χ1) is 11.9. The van der Waals surface area contributed by atoms with Crippen LogP contribution in [0.4, 0.5) is 13.2 Å². The lowest BCUT2D eigenvalue weighted by Crippen LogP contribution is -2.41. The summed E-state index contributed by atoms with van der Waals surface area (Å²) in [6.07, 6.45) is -4.37. The molecule has 0 spiro atoms. The van der Waals surface area contributed by atoms with Crippen LogP contribution < -0.4 is 10.6 Å². The topological polar surface area (TPSA) is 56.7 Å². The normalized spacial score (nSPS) is 14.9. The first kappa shape index (κ1) is 19.1. The zero-order chi connectivity index (χ0) is 18.3. The van der Waals surface area contributed by atoms with Crippen LogP contribution in [0.2, 0.25) is 0 Å². The molecule has 1 heterocycles. The summed E-state index contributed by atoms with van der Waals surface area (Å²) in [5.74, 6) is 0.0834. The van der Waals surface area contributed by atoms with E-state index in [1.165, 1.54) is 5.56 Å². The molecule has 0 saturated carbocycles. The number of fused-ring (bicyclic) bond motifs is 1. The first-order valence-corrected chi connectivity index (χ1v) is 8.32. The molecule has 25 heavy (non-hydrogen) atoms. The number of carbonyl (C=O) groups is 1. The van der Waals surface area contributed by atoms with Gasteiger partial charge in [0.25, 0.3) is 0 Å². The Labute approximate surface area is 145 Å². The molecule has 0 aromatic heterocycles. The van der Waals surface area contributed by atoms with E-state index in [-0.39, 0.29) is 25.0 Å². The lowest BCUT2D eigenvalue weighted by Gasteiger charge is -2.28. The smallest absolute Gasteiger partial charge is 0.357 e. The van der Waals surface area contributed by atoms with E-state index in [4.69, 9.17) is 0 Å². The van der Waals surface area contributed by atoms with Gasteiger partial charge in [-0.1, -0.05) is 24.3 Å². The fourth-order valence-electron chi connectivity index (χ4n) is 2.62. The Morgan fingerprint density at radius 2 is 1.96 bits per heavy atom. The number of rotatable bonds is 5. The second kappa shape index (κ2) is 8.73. The number of aliphatic imine (C=N–C) groups is 1. The SMILES string of the molecule is CCNC(=NCC(=O)N1CCc2ccccc2C1)NCCC(F)(F)F. The van der Waals surface area contributed by atoms with Crippen molar-refractivity contribution in [1.29, 1.82) is 0 Å². The number of hydrogen-bond acceptors (Lipinski definition) is 2. The second-order valence-electron chi connectivity index (χ2n) is 5.82. The van der Waals surface area contributed by atoms with Gasteiger partial charge in [0.1, 0.15) is 6.54 Å². The van der Waals surface area contributed by atoms with Gasteiger partial charge in [-0.2, -0.15) is 13.2 Å². The predicted molar refractivity (Wildman–Crippen MR) is 90.2 cm³/mol. The molecule has 0 fully saturated rings. The maximum atomic E-state index is 12.3. The van der Waals surface area contributed by atoms with Crippen LogP contribution in [-0.4, -0.2) is 49.1 Å². The van der Waals surface area contributed by atoms with Crippen molar-refractivity contribution in [2.45, 2.75) is 32.5 Å². The Hall–Kier alpha value is -2.25. The molecule has 0 saturated heterocycles. The molecule has 2 N–H and O–H groups in total. The zero-order valence-corrected chi connectivity index (χ0v) is 14.2. The predicted octanol–water partition coefficient (Wildman–Crippen LogP) is 2.08. The van der Waals surface area contributed by atoms with E-state index in [1.54, 1.807) is 4.90 Å². The van der Waals surface area contributed by atoms with Crippen LogP contribution in [0, 0.1) is 0 Å². The van der Waals surface area contributed by atoms with Crippen LogP contribution in [0.5, 0.6) is 0 Å². The second-order valence-corrected chi connectivity index (χ2v) is 5.82. The molecule has 8 heteroatoms. The van der Waals surface area contributed by atoms with E-state index in [9.17, 15) is 18.0 Å². The van der Waals surface area contributed by atoms with E-state index in [0.29, 0.717) is 19.6 Å². The largest absolute Gasteiger partial charge is 0.390 e. The van der Waals surface area contributed by atoms with Crippen LogP contribution in [0.25, 0.3) is 0 Å². The lowest BCUT2D eigenvalue weighted by molar-refractivity contribution is -0.133. The Bertz CT molecular complexity index is 616. The number of halogens is 3. The zero-order valence-electron chi connectivity index (χ0n) is 14.2. The third-order valence-electron chi connectivity index (χ3n) is 3.90. The van der Waals surface area contributed by atoms with Crippen LogP contribution in [0.1, 0.15) is 24.5 Å². The van der Waals surface area contributed by atoms with Crippen LogP contribution in [0.3, 0.4) is 0 Å². The van der Waals surface area contributed by atoms with E-state index in [2.05, 4.69) is 21.7 Å². The number of nitrogens with one attached hydrogen (secondary N) is 2. The van der Waals surface area contributed by atoms with E-state index < -0.39 is 12.6 Å². The van der Waals surface area contributed by atoms with Crippen LogP contribution in [0.15, 0.2) is 29.3 Å². The summed E-state index contributed by atoms with van der Waals surface area (Å²) >= 11 is 0. The summed E-state index contributed by atoms with van der Waals surface area (Å²) in [6.45, 7) is 3.11. The fourth-order valence-corrected chi connectivity index (χ4v) is 2.62. The number of carbonyl (C=O) groups excluding carboxylic acids is 1. The highest BCUT2D eigenvalue weighted by molar-refractivity contribution is 5.85. The summed E-state index contributed by atoms with van der Waals surface area (Å²) in [7, 11) is 0. The molecule has 0 atom stereocenters. The molecule has 1 aliphatic heterocycles. The Kier molecular flexibility index (Phi) is 6.66. The molecular formula is C17H23F3N4O. The first-order valence-electron chi connectivity index (χ1n) is 8.32. The van der Waals surface area contributed by atoms with Gasteiger partial charge >= 0.3 is 6.18 Å². The maximum absolute atomic E-state index is 12.3. The molecule has 0 bridgehead atoms. The molecule has 1 aromatic carbocycles. The van der Waals surface area contributed by atoms with Crippen molar-refractivity contribution in [2.75, 3.05) is 26.2 Å². The van der Waals surface area contributed by atoms with Gasteiger partial charge in [-0.25, -0.2) is 4.99 Å². The molecule has 138 valence electrons. The van der Waals surface area contributed by atoms with E-state index in [0.717, 1.165) is 12.0 Å². The van der Waals surface area contributed by atoms with Crippen molar-refractivity contribution in [3.8, 4) is 0 Å². The van der Waals surface area contributed by atoms with Gasteiger partial charge in [-0.3, -0.25) is 4.79 Å². The van der Waals surface area contributed by atoms with Gasteiger partial charge in [0.15, 0.2) is 5.96 Å². The Balaban J connectivity index is 1.88. The highest BCUT2D eigenvalue weighted by Crippen LogP contribution is 2.19. The minimum absolute atomic E-state index is 0.0937. The highest BCUT2D eigenvalue weighted by Gasteiger charge is 2.26. The molecule has 2 rings (SSSR count). The standard InChI is InChI=1S/C17H23F3N4O/c1-2-21-16(22-9-8-17(18,19)20)23-11-15(25)24-10-7-13-5-3-4-6-14(13)12-24/h3-6H,2,7-12H2,1H3,(H2,21,22,23). The number of amides is 1. The highest BCUT2D eigenvalue weighted by atomic mass is 19.4. The quantitative estimate of drug-likeness (QED) is 0.627. The number of guanidine groups is 1. The fraction of sp³-hybridized carbons (Fsp3) is 0.529. The monoisotopic (exact) mass is 356 g/mol. The Morgan fingerprint density at radius 1 is 1.24 bits per heavy atom. The minimum Gasteiger partial charge on any atom is -0.357 e. The number of benzene rings is 1. The van der Waals surface area contributed by atoms with Gasteiger partial charge in [0.05, 0.1) is 6.42 Å². The van der Waals surface area contributed by atoms with Crippen molar-refractivity contribution in [2.24, 2.45) is 4.99 Å². The van der Waals surface area contributed by atoms with Crippen molar-refractivity contribution in [3.63, 3.8) is 0 Å². The lowest BCUT2D eigenvalue weighted by atomic mass is 10.00. The molecule has 5 nitrogen and oxygen atoms in total. The summed E-state index contributed by atoms with van der Waals surface area (Å²) < 4.78 is 36.6. The molecule has 0 aliphatic carbocycles. The number of nitrogens with zero attached hydrogens (tertiary/aromatic N) is 2. The molecular weight excluding hydrogens is 333 g/mol. The van der Waals surface area contributed by atoms with Crippen LogP contribution >= 0.6 is 0 Å². The summed E-state index contributed by atoms with van der Waals surface area (Å²) in [6, 6.07) is 7.98. The number of alkyl halides is 3. The van der Waals surface area contributed by atoms with Gasteiger partial charge in [-0.05, 0) is 24.5 Å².